The van der Waals surface area contributed by atoms with Crippen LogP contribution >= 0.6 is 11.3 Å². The Labute approximate surface area is 112 Å². The van der Waals surface area contributed by atoms with E-state index in [1.165, 1.54) is 36.0 Å². The van der Waals surface area contributed by atoms with E-state index in [2.05, 4.69) is 30.5 Å². The van der Waals surface area contributed by atoms with Crippen LogP contribution in [0.4, 0.5) is 0 Å². The number of nitrogens with two attached hydrogens (primary N) is 1. The fraction of sp³-hybridized carbons (Fsp3) is 0.400. The lowest BCUT2D eigenvalue weighted by molar-refractivity contribution is 0.766. The minimum Gasteiger partial charge on any atom is -0.330 e. The molecule has 1 aromatic carbocycles. The van der Waals surface area contributed by atoms with Crippen LogP contribution in [0.15, 0.2) is 23.6 Å². The molecule has 1 heterocycles. The summed E-state index contributed by atoms with van der Waals surface area (Å²) in [6, 6.07) is 6.79. The molecule has 0 saturated heterocycles. The van der Waals surface area contributed by atoms with Gasteiger partial charge in [-0.2, -0.15) is 0 Å². The maximum atomic E-state index is 5.69. The van der Waals surface area contributed by atoms with Crippen molar-refractivity contribution in [3.63, 3.8) is 0 Å². The Morgan fingerprint density at radius 3 is 3.00 bits per heavy atom. The second-order valence-corrected chi connectivity index (χ2v) is 5.93. The number of fused-ring (bicyclic) bond motifs is 1. The van der Waals surface area contributed by atoms with Crippen molar-refractivity contribution in [1.29, 1.82) is 0 Å². The van der Waals surface area contributed by atoms with Crippen molar-refractivity contribution in [3.05, 3.63) is 39.7 Å². The van der Waals surface area contributed by atoms with Gasteiger partial charge in [0.25, 0.3) is 0 Å². The molecule has 0 spiro atoms. The Morgan fingerprint density at radius 2 is 2.17 bits per heavy atom. The van der Waals surface area contributed by atoms with E-state index < -0.39 is 0 Å². The van der Waals surface area contributed by atoms with Crippen molar-refractivity contribution in [3.8, 4) is 11.3 Å². The molecule has 0 saturated carbocycles. The Hall–Kier alpha value is -1.19. The highest BCUT2D eigenvalue weighted by Crippen LogP contribution is 2.30. The van der Waals surface area contributed by atoms with E-state index in [-0.39, 0.29) is 0 Å². The molecule has 2 nitrogen and oxygen atoms in total. The first-order valence-corrected chi connectivity index (χ1v) is 7.43. The van der Waals surface area contributed by atoms with E-state index in [1.54, 1.807) is 11.3 Å². The minimum atomic E-state index is 0.359. The van der Waals surface area contributed by atoms with Gasteiger partial charge in [0, 0.05) is 23.4 Å². The molecule has 1 unspecified atom stereocenters. The first-order chi connectivity index (χ1) is 8.78. The number of rotatable bonds is 3. The van der Waals surface area contributed by atoms with Crippen molar-refractivity contribution in [2.24, 2.45) is 5.73 Å². The van der Waals surface area contributed by atoms with E-state index in [1.807, 2.05) is 0 Å². The van der Waals surface area contributed by atoms with Crippen molar-refractivity contribution >= 4 is 11.3 Å². The number of aromatic nitrogens is 1. The number of aryl methyl sites for hydroxylation is 2. The lowest BCUT2D eigenvalue weighted by atomic mass is 10.0. The highest BCUT2D eigenvalue weighted by Gasteiger charge is 2.14. The Balaban J connectivity index is 1.92. The lowest BCUT2D eigenvalue weighted by Crippen LogP contribution is -2.08. The maximum Gasteiger partial charge on any atom is 0.0973 e. The zero-order chi connectivity index (χ0) is 12.5. The standard InChI is InChI=1S/C15H18N2S/c1-10(8-16)15-17-14(9-18-15)13-6-5-11-3-2-4-12(11)7-13/h5-7,9-10H,2-4,8,16H2,1H3. The lowest BCUT2D eigenvalue weighted by Gasteiger charge is -2.04. The van der Waals surface area contributed by atoms with Gasteiger partial charge in [0.1, 0.15) is 0 Å². The molecular formula is C15H18N2S. The number of hydrogen-bond donors (Lipinski definition) is 1. The molecule has 0 fully saturated rings. The maximum absolute atomic E-state index is 5.69. The average molecular weight is 258 g/mol. The molecule has 0 bridgehead atoms. The van der Waals surface area contributed by atoms with Gasteiger partial charge in [0.05, 0.1) is 10.7 Å². The normalized spacial score (nSPS) is 15.7. The van der Waals surface area contributed by atoms with Crippen molar-refractivity contribution in [2.75, 3.05) is 6.54 Å². The van der Waals surface area contributed by atoms with E-state index in [9.17, 15) is 0 Å². The molecule has 1 atom stereocenters. The Kier molecular flexibility index (Phi) is 3.18. The summed E-state index contributed by atoms with van der Waals surface area (Å²) < 4.78 is 0. The molecule has 0 aliphatic heterocycles. The molecule has 1 aliphatic carbocycles. The smallest absolute Gasteiger partial charge is 0.0973 e. The van der Waals surface area contributed by atoms with E-state index in [4.69, 9.17) is 10.7 Å². The van der Waals surface area contributed by atoms with Gasteiger partial charge in [0.2, 0.25) is 0 Å². The molecule has 0 amide bonds. The van der Waals surface area contributed by atoms with Gasteiger partial charge in [-0.3, -0.25) is 0 Å². The van der Waals surface area contributed by atoms with Crippen LogP contribution in [0.25, 0.3) is 11.3 Å². The molecule has 2 N–H and O–H groups in total. The summed E-state index contributed by atoms with van der Waals surface area (Å²) in [5, 5.41) is 3.30. The molecule has 1 aliphatic rings. The van der Waals surface area contributed by atoms with Crippen LogP contribution in [0, 0.1) is 0 Å². The van der Waals surface area contributed by atoms with Crippen LogP contribution in [0.1, 0.15) is 35.4 Å². The summed E-state index contributed by atoms with van der Waals surface area (Å²) in [5.74, 6) is 0.359. The number of hydrogen-bond acceptors (Lipinski definition) is 3. The van der Waals surface area contributed by atoms with Crippen LogP contribution in [-0.2, 0) is 12.8 Å². The molecule has 2 aromatic rings. The molecule has 94 valence electrons. The summed E-state index contributed by atoms with van der Waals surface area (Å²) in [4.78, 5) is 4.72. The molecule has 18 heavy (non-hydrogen) atoms. The second kappa shape index (κ2) is 4.82. The van der Waals surface area contributed by atoms with Gasteiger partial charge in [0.15, 0.2) is 0 Å². The third-order valence-corrected chi connectivity index (χ3v) is 4.77. The number of thiazole rings is 1. The number of benzene rings is 1. The zero-order valence-corrected chi connectivity index (χ0v) is 11.5. The van der Waals surface area contributed by atoms with Crippen LogP contribution in [0.5, 0.6) is 0 Å². The highest BCUT2D eigenvalue weighted by molar-refractivity contribution is 7.10. The zero-order valence-electron chi connectivity index (χ0n) is 10.6. The van der Waals surface area contributed by atoms with Gasteiger partial charge in [-0.25, -0.2) is 4.98 Å². The van der Waals surface area contributed by atoms with Gasteiger partial charge in [-0.15, -0.1) is 11.3 Å². The van der Waals surface area contributed by atoms with Gasteiger partial charge < -0.3 is 5.73 Å². The summed E-state index contributed by atoms with van der Waals surface area (Å²) in [7, 11) is 0. The van der Waals surface area contributed by atoms with Crippen LogP contribution in [-0.4, -0.2) is 11.5 Å². The van der Waals surface area contributed by atoms with Gasteiger partial charge >= 0.3 is 0 Å². The Morgan fingerprint density at radius 1 is 1.33 bits per heavy atom. The van der Waals surface area contributed by atoms with Gasteiger partial charge in [-0.05, 0) is 36.5 Å². The monoisotopic (exact) mass is 258 g/mol. The summed E-state index contributed by atoms with van der Waals surface area (Å²) in [5.41, 5.74) is 11.1. The predicted molar refractivity (Wildman–Crippen MR) is 77.0 cm³/mol. The molecule has 1 aromatic heterocycles. The fourth-order valence-corrected chi connectivity index (χ4v) is 3.38. The third kappa shape index (κ3) is 2.08. The Bertz CT molecular complexity index is 559. The van der Waals surface area contributed by atoms with E-state index in [0.717, 1.165) is 10.7 Å². The predicted octanol–water partition coefficient (Wildman–Crippen LogP) is 3.36. The third-order valence-electron chi connectivity index (χ3n) is 3.69. The fourth-order valence-electron chi connectivity index (χ4n) is 2.48. The molecule has 3 heteroatoms. The first kappa shape index (κ1) is 11.9. The van der Waals surface area contributed by atoms with Crippen LogP contribution in [0.2, 0.25) is 0 Å². The topological polar surface area (TPSA) is 38.9 Å². The molecule has 3 rings (SSSR count). The van der Waals surface area contributed by atoms with Crippen LogP contribution < -0.4 is 5.73 Å². The van der Waals surface area contributed by atoms with Crippen molar-refractivity contribution in [2.45, 2.75) is 32.1 Å². The first-order valence-electron chi connectivity index (χ1n) is 6.55. The summed E-state index contributed by atoms with van der Waals surface area (Å²) in [6.45, 7) is 2.79. The van der Waals surface area contributed by atoms with E-state index in [0.29, 0.717) is 12.5 Å². The van der Waals surface area contributed by atoms with Crippen molar-refractivity contribution < 1.29 is 0 Å². The quantitative estimate of drug-likeness (QED) is 0.917. The summed E-state index contributed by atoms with van der Waals surface area (Å²) in [6.07, 6.45) is 3.76. The van der Waals surface area contributed by atoms with E-state index >= 15 is 0 Å². The molecular weight excluding hydrogens is 240 g/mol. The van der Waals surface area contributed by atoms with Crippen LogP contribution in [0.3, 0.4) is 0 Å². The second-order valence-electron chi connectivity index (χ2n) is 5.04. The highest BCUT2D eigenvalue weighted by atomic mass is 32.1. The SMILES string of the molecule is CC(CN)c1nc(-c2ccc3c(c2)CCC3)cs1. The number of nitrogens with zero attached hydrogens (tertiary/aromatic N) is 1. The minimum absolute atomic E-state index is 0.359. The van der Waals surface area contributed by atoms with Gasteiger partial charge in [-0.1, -0.05) is 19.1 Å². The average Bonchev–Trinajstić information content (AvgIpc) is 3.05. The largest absolute Gasteiger partial charge is 0.330 e. The molecule has 0 radical (unpaired) electrons. The summed E-state index contributed by atoms with van der Waals surface area (Å²) >= 11 is 1.72. The van der Waals surface area contributed by atoms with Crippen molar-refractivity contribution in [1.82, 2.24) is 4.98 Å².